The Bertz CT molecular complexity index is 174. The summed E-state index contributed by atoms with van der Waals surface area (Å²) in [5.74, 6) is 0.919. The first-order valence-corrected chi connectivity index (χ1v) is 5.00. The van der Waals surface area contributed by atoms with Crippen LogP contribution in [0.3, 0.4) is 0 Å². The quantitative estimate of drug-likeness (QED) is 0.652. The normalized spacial score (nSPS) is 40.8. The number of hydrogen-bond acceptors (Lipinski definition) is 1. The van der Waals surface area contributed by atoms with Crippen molar-refractivity contribution in [2.24, 2.45) is 17.8 Å². The van der Waals surface area contributed by atoms with Crippen molar-refractivity contribution in [1.82, 2.24) is 0 Å². The minimum Gasteiger partial charge on any atom is -0.481 e. The molecule has 0 bridgehead atoms. The molecule has 0 heterocycles. The number of fused-ring (bicyclic) bond motifs is 1. The maximum absolute atomic E-state index is 10.7. The van der Waals surface area contributed by atoms with Crippen LogP contribution in [0.2, 0.25) is 0 Å². The van der Waals surface area contributed by atoms with Crippen LogP contribution in [0.1, 0.15) is 38.5 Å². The van der Waals surface area contributed by atoms with E-state index < -0.39 is 5.97 Å². The molecule has 0 aromatic heterocycles. The lowest BCUT2D eigenvalue weighted by molar-refractivity contribution is -0.141. The number of carboxylic acid groups (broad SMARTS) is 1. The number of carbonyl (C=O) groups is 1. The molecule has 0 saturated heterocycles. The van der Waals surface area contributed by atoms with Crippen LogP contribution in [0.15, 0.2) is 0 Å². The molecular weight excluding hydrogens is 152 g/mol. The Morgan fingerprint density at radius 2 is 1.58 bits per heavy atom. The fourth-order valence-corrected chi connectivity index (χ4v) is 2.93. The van der Waals surface area contributed by atoms with E-state index in [1.807, 2.05) is 0 Å². The van der Waals surface area contributed by atoms with Gasteiger partial charge in [0.25, 0.3) is 0 Å². The Morgan fingerprint density at radius 1 is 1.08 bits per heavy atom. The van der Waals surface area contributed by atoms with Gasteiger partial charge in [0.05, 0.1) is 5.92 Å². The Kier molecular flexibility index (Phi) is 2.07. The summed E-state index contributed by atoms with van der Waals surface area (Å²) < 4.78 is 0. The second kappa shape index (κ2) is 3.08. The molecule has 0 radical (unpaired) electrons. The molecule has 2 nitrogen and oxygen atoms in total. The van der Waals surface area contributed by atoms with Crippen molar-refractivity contribution in [1.29, 1.82) is 0 Å². The topological polar surface area (TPSA) is 37.3 Å². The third kappa shape index (κ3) is 1.35. The first kappa shape index (κ1) is 8.09. The van der Waals surface area contributed by atoms with E-state index >= 15 is 0 Å². The zero-order valence-corrected chi connectivity index (χ0v) is 7.33. The molecule has 1 N–H and O–H groups in total. The second-order valence-electron chi connectivity index (χ2n) is 4.31. The third-order valence-corrected chi connectivity index (χ3v) is 3.59. The van der Waals surface area contributed by atoms with Gasteiger partial charge in [-0.1, -0.05) is 25.7 Å². The molecule has 0 spiro atoms. The van der Waals surface area contributed by atoms with Gasteiger partial charge in [0.15, 0.2) is 0 Å². The molecule has 0 aliphatic heterocycles. The van der Waals surface area contributed by atoms with Gasteiger partial charge in [-0.25, -0.2) is 0 Å². The molecule has 2 saturated carbocycles. The van der Waals surface area contributed by atoms with Gasteiger partial charge in [0, 0.05) is 0 Å². The van der Waals surface area contributed by atoms with Crippen molar-refractivity contribution in [2.45, 2.75) is 38.5 Å². The number of rotatable bonds is 1. The highest BCUT2D eigenvalue weighted by molar-refractivity contribution is 5.70. The van der Waals surface area contributed by atoms with E-state index in [9.17, 15) is 4.79 Å². The average Bonchev–Trinajstić information content (AvgIpc) is 2.46. The Balaban J connectivity index is 1.98. The van der Waals surface area contributed by atoms with Crippen LogP contribution in [-0.4, -0.2) is 11.1 Å². The van der Waals surface area contributed by atoms with Crippen LogP contribution in [0.4, 0.5) is 0 Å². The van der Waals surface area contributed by atoms with E-state index in [1.165, 1.54) is 25.7 Å². The number of aliphatic carboxylic acids is 1. The van der Waals surface area contributed by atoms with E-state index in [0.717, 1.165) is 24.7 Å². The Morgan fingerprint density at radius 3 is 2.00 bits per heavy atom. The van der Waals surface area contributed by atoms with Crippen LogP contribution >= 0.6 is 0 Å². The van der Waals surface area contributed by atoms with Gasteiger partial charge in [0.2, 0.25) is 0 Å². The zero-order chi connectivity index (χ0) is 8.55. The molecule has 12 heavy (non-hydrogen) atoms. The molecule has 2 aliphatic carbocycles. The molecular formula is C10H16O2. The second-order valence-corrected chi connectivity index (χ2v) is 4.31. The van der Waals surface area contributed by atoms with E-state index in [0.29, 0.717) is 0 Å². The summed E-state index contributed by atoms with van der Waals surface area (Å²) >= 11 is 0. The van der Waals surface area contributed by atoms with E-state index in [-0.39, 0.29) is 5.92 Å². The van der Waals surface area contributed by atoms with Gasteiger partial charge in [-0.3, -0.25) is 4.79 Å². The minimum absolute atomic E-state index is 0.0156. The summed E-state index contributed by atoms with van der Waals surface area (Å²) in [4.78, 5) is 10.7. The highest BCUT2D eigenvalue weighted by Crippen LogP contribution is 2.44. The van der Waals surface area contributed by atoms with Crippen molar-refractivity contribution in [3.05, 3.63) is 0 Å². The fourth-order valence-electron chi connectivity index (χ4n) is 2.93. The molecule has 2 rings (SSSR count). The molecule has 2 unspecified atom stereocenters. The number of carboxylic acids is 1. The highest BCUT2D eigenvalue weighted by Gasteiger charge is 2.38. The van der Waals surface area contributed by atoms with Crippen molar-refractivity contribution in [3.8, 4) is 0 Å². The van der Waals surface area contributed by atoms with Crippen molar-refractivity contribution in [2.75, 3.05) is 0 Å². The average molecular weight is 168 g/mol. The highest BCUT2D eigenvalue weighted by atomic mass is 16.4. The molecule has 2 heteroatoms. The summed E-state index contributed by atoms with van der Waals surface area (Å²) in [5.41, 5.74) is 0. The van der Waals surface area contributed by atoms with E-state index in [4.69, 9.17) is 5.11 Å². The molecule has 68 valence electrons. The lowest BCUT2D eigenvalue weighted by atomic mass is 9.82. The van der Waals surface area contributed by atoms with Gasteiger partial charge in [0.1, 0.15) is 0 Å². The van der Waals surface area contributed by atoms with Gasteiger partial charge in [-0.05, 0) is 24.7 Å². The van der Waals surface area contributed by atoms with Crippen LogP contribution in [0.25, 0.3) is 0 Å². The van der Waals surface area contributed by atoms with E-state index in [1.54, 1.807) is 0 Å². The first-order chi connectivity index (χ1) is 5.77. The zero-order valence-electron chi connectivity index (χ0n) is 7.33. The maximum atomic E-state index is 10.7. The van der Waals surface area contributed by atoms with E-state index in [2.05, 4.69) is 0 Å². The summed E-state index contributed by atoms with van der Waals surface area (Å²) in [6.07, 6.45) is 7.14. The largest absolute Gasteiger partial charge is 0.481 e. The first-order valence-electron chi connectivity index (χ1n) is 5.00. The van der Waals surface area contributed by atoms with Crippen molar-refractivity contribution in [3.63, 3.8) is 0 Å². The van der Waals surface area contributed by atoms with Gasteiger partial charge in [-0.2, -0.15) is 0 Å². The summed E-state index contributed by atoms with van der Waals surface area (Å²) in [6, 6.07) is 0. The molecule has 0 aromatic carbocycles. The van der Waals surface area contributed by atoms with Crippen LogP contribution < -0.4 is 0 Å². The standard InChI is InChI=1S/C10H16O2/c11-10(12)9-5-7-3-1-2-4-8(7)6-9/h7-9H,1-6H2,(H,11,12). The fraction of sp³-hybridized carbons (Fsp3) is 0.900. The molecule has 2 atom stereocenters. The van der Waals surface area contributed by atoms with Gasteiger partial charge >= 0.3 is 5.97 Å². The predicted octanol–water partition coefficient (Wildman–Crippen LogP) is 2.29. The number of hydrogen-bond donors (Lipinski definition) is 1. The summed E-state index contributed by atoms with van der Waals surface area (Å²) in [6.45, 7) is 0. The summed E-state index contributed by atoms with van der Waals surface area (Å²) in [5, 5.41) is 8.86. The molecule has 2 aliphatic rings. The molecule has 0 aromatic rings. The SMILES string of the molecule is O=C(O)C1CC2CCCCC2C1. The van der Waals surface area contributed by atoms with Crippen molar-refractivity contribution >= 4 is 5.97 Å². The van der Waals surface area contributed by atoms with Gasteiger partial charge in [-0.15, -0.1) is 0 Å². The maximum Gasteiger partial charge on any atom is 0.306 e. The summed E-state index contributed by atoms with van der Waals surface area (Å²) in [7, 11) is 0. The molecule has 2 fully saturated rings. The van der Waals surface area contributed by atoms with Crippen LogP contribution in [0, 0.1) is 17.8 Å². The predicted molar refractivity (Wildman–Crippen MR) is 45.8 cm³/mol. The van der Waals surface area contributed by atoms with Crippen LogP contribution in [-0.2, 0) is 4.79 Å². The smallest absolute Gasteiger partial charge is 0.306 e. The Hall–Kier alpha value is -0.530. The van der Waals surface area contributed by atoms with Crippen molar-refractivity contribution < 1.29 is 9.90 Å². The molecule has 0 amide bonds. The Labute approximate surface area is 73.0 Å². The van der Waals surface area contributed by atoms with Gasteiger partial charge < -0.3 is 5.11 Å². The lowest BCUT2D eigenvalue weighted by Crippen LogP contribution is -2.12. The van der Waals surface area contributed by atoms with Crippen LogP contribution in [0.5, 0.6) is 0 Å². The lowest BCUT2D eigenvalue weighted by Gasteiger charge is -2.24. The monoisotopic (exact) mass is 168 g/mol. The minimum atomic E-state index is -0.565. The third-order valence-electron chi connectivity index (χ3n) is 3.59.